The molecule has 0 unspecified atom stereocenters. The summed E-state index contributed by atoms with van der Waals surface area (Å²) in [4.78, 5) is 2.00. The second-order valence-corrected chi connectivity index (χ2v) is 1.84. The van der Waals surface area contributed by atoms with Gasteiger partial charge in [-0.05, 0) is 0 Å². The van der Waals surface area contributed by atoms with Gasteiger partial charge in [0.2, 0.25) is 4.91 Å². The molecule has 3 nitrogen and oxygen atoms in total. The lowest BCUT2D eigenvalue weighted by Crippen LogP contribution is -1.53. The maximum absolute atomic E-state index is 5.50. The smallest absolute Gasteiger partial charge is 0.115 e. The molecule has 1 radical (unpaired) electrons. The predicted molar refractivity (Wildman–Crippen MR) is 25.1 cm³/mol. The molecule has 0 heterocycles. The first-order valence-electron chi connectivity index (χ1n) is 1.60. The molecule has 0 aliphatic rings. The van der Waals surface area contributed by atoms with Crippen molar-refractivity contribution in [3.05, 3.63) is 0 Å². The summed E-state index contributed by atoms with van der Waals surface area (Å²) in [5.74, 6) is 4.42. The van der Waals surface area contributed by atoms with Gasteiger partial charge in [0, 0.05) is 0 Å². The van der Waals surface area contributed by atoms with Gasteiger partial charge in [-0.25, -0.2) is 0 Å². The van der Waals surface area contributed by atoms with Crippen LogP contribution in [-0.4, -0.2) is 15.2 Å². The number of nitrogens with one attached hydrogen (secondary N) is 2. The largest absolute Gasteiger partial charge is 0.211 e. The Balaban J connectivity index is 0. The van der Waals surface area contributed by atoms with Gasteiger partial charge in [-0.2, -0.15) is 0 Å². The standard InChI is InChI=1S/2CH3.Al.H2N3/c;;;1-3-2/h2*1H3;;1-2H/q;;;+1. The van der Waals surface area contributed by atoms with Gasteiger partial charge in [0.15, 0.2) is 15.2 Å². The number of rotatable bonds is 0. The van der Waals surface area contributed by atoms with Gasteiger partial charge in [0.05, 0.1) is 0 Å². The molecule has 4 heteroatoms. The van der Waals surface area contributed by atoms with E-state index in [2.05, 4.69) is 11.6 Å². The summed E-state index contributed by atoms with van der Waals surface area (Å²) in [5.41, 5.74) is 11.0. The molecule has 0 aliphatic heterocycles. The van der Waals surface area contributed by atoms with Crippen LogP contribution in [0.25, 0.3) is 0 Å². The van der Waals surface area contributed by atoms with E-state index in [9.17, 15) is 0 Å². The topological polar surface area (TPSA) is 61.8 Å². The molecule has 33 valence electrons. The first-order chi connectivity index (χ1) is 2.83. The molecule has 0 rings (SSSR count). The Morgan fingerprint density at radius 2 is 1.33 bits per heavy atom. The van der Waals surface area contributed by atoms with Crippen molar-refractivity contribution >= 4 is 15.2 Å². The first-order valence-corrected chi connectivity index (χ1v) is 3.91. The van der Waals surface area contributed by atoms with Gasteiger partial charge in [-0.3, -0.25) is 0 Å². The molecular formula is C2H8AlN3+. The van der Waals surface area contributed by atoms with E-state index in [4.69, 9.17) is 11.1 Å². The van der Waals surface area contributed by atoms with Gasteiger partial charge in [0.25, 0.3) is 0 Å². The lowest BCUT2D eigenvalue weighted by Gasteiger charge is -1.38. The Morgan fingerprint density at radius 1 is 1.33 bits per heavy atom. The quantitative estimate of drug-likeness (QED) is 0.259. The molecule has 0 aromatic carbocycles. The fourth-order valence-corrected chi connectivity index (χ4v) is 0. The minimum atomic E-state index is 0.750. The third-order valence-electron chi connectivity index (χ3n) is 0. The summed E-state index contributed by atoms with van der Waals surface area (Å²) in [6, 6.07) is 0. The first kappa shape index (κ1) is 9.28. The minimum absolute atomic E-state index is 0.750. The highest BCUT2D eigenvalue weighted by Gasteiger charge is 1.46. The van der Waals surface area contributed by atoms with E-state index in [0.717, 1.165) is 15.2 Å². The Morgan fingerprint density at radius 3 is 1.33 bits per heavy atom. The zero-order chi connectivity index (χ0) is 5.41. The van der Waals surface area contributed by atoms with Crippen molar-refractivity contribution in [3.63, 3.8) is 0 Å². The molecule has 2 N–H and O–H groups in total. The molecule has 0 aromatic heterocycles. The SMILES string of the molecule is N=[N+]=N.[CH3][Al][CH3]. The lowest BCUT2D eigenvalue weighted by molar-refractivity contribution is 0.928. The van der Waals surface area contributed by atoms with Crippen LogP contribution in [0.15, 0.2) is 0 Å². The fourth-order valence-electron chi connectivity index (χ4n) is 0. The van der Waals surface area contributed by atoms with Gasteiger partial charge < -0.3 is 0 Å². The van der Waals surface area contributed by atoms with E-state index in [1.54, 1.807) is 0 Å². The van der Waals surface area contributed by atoms with Gasteiger partial charge in [0.1, 0.15) is 11.1 Å². The van der Waals surface area contributed by atoms with Gasteiger partial charge in [-0.1, -0.05) is 0 Å². The summed E-state index contributed by atoms with van der Waals surface area (Å²) in [6.07, 6.45) is 0. The predicted octanol–water partition coefficient (Wildman–Crippen LogP) is 0.902. The van der Waals surface area contributed by atoms with Crippen molar-refractivity contribution in [1.29, 1.82) is 11.1 Å². The molecular weight excluding hydrogens is 93.0 g/mol. The average molecular weight is 101 g/mol. The molecule has 0 aromatic rings. The monoisotopic (exact) mass is 101 g/mol. The van der Waals surface area contributed by atoms with E-state index >= 15 is 0 Å². The molecule has 0 amide bonds. The van der Waals surface area contributed by atoms with Crippen LogP contribution < -0.4 is 4.91 Å². The van der Waals surface area contributed by atoms with E-state index < -0.39 is 0 Å². The number of hydrogen-bond donors (Lipinski definition) is 2. The number of nitrogens with zero attached hydrogens (tertiary/aromatic N) is 1. The summed E-state index contributed by atoms with van der Waals surface area (Å²) in [7, 11) is 0. The molecule has 0 bridgehead atoms. The molecule has 0 atom stereocenters. The Labute approximate surface area is 43.5 Å². The molecule has 6 heavy (non-hydrogen) atoms. The molecule has 0 saturated carbocycles. The lowest BCUT2D eigenvalue weighted by atomic mass is 11.9. The van der Waals surface area contributed by atoms with Crippen LogP contribution in [0.2, 0.25) is 11.6 Å². The normalized spacial score (nSPS) is 3.67. The molecule has 0 aliphatic carbocycles. The van der Waals surface area contributed by atoms with Crippen LogP contribution in [0.1, 0.15) is 0 Å². The Hall–Kier alpha value is -0.158. The molecule has 0 spiro atoms. The second-order valence-electron chi connectivity index (χ2n) is 0.689. The van der Waals surface area contributed by atoms with Crippen LogP contribution in [0.5, 0.6) is 0 Å². The van der Waals surface area contributed by atoms with Crippen LogP contribution in [0, 0.1) is 11.1 Å². The van der Waals surface area contributed by atoms with Crippen molar-refractivity contribution in [2.75, 3.05) is 0 Å². The number of hydrogen-bond acceptors (Lipinski definition) is 2. The van der Waals surface area contributed by atoms with Crippen LogP contribution in [-0.2, 0) is 0 Å². The van der Waals surface area contributed by atoms with E-state index in [1.807, 2.05) is 4.91 Å². The zero-order valence-corrected chi connectivity index (χ0v) is 5.18. The molecule has 0 fully saturated rings. The second kappa shape index (κ2) is 21.1. The van der Waals surface area contributed by atoms with Crippen molar-refractivity contribution in [1.82, 2.24) is 4.91 Å². The van der Waals surface area contributed by atoms with Crippen LogP contribution in [0.4, 0.5) is 0 Å². The van der Waals surface area contributed by atoms with Crippen LogP contribution >= 0.6 is 0 Å². The summed E-state index contributed by atoms with van der Waals surface area (Å²) < 4.78 is 0. The highest BCUT2D eigenvalue weighted by Crippen LogP contribution is 1.36. The van der Waals surface area contributed by atoms with E-state index in [0.29, 0.717) is 0 Å². The maximum Gasteiger partial charge on any atom is 0.211 e. The van der Waals surface area contributed by atoms with Crippen LogP contribution in [0.3, 0.4) is 0 Å². The van der Waals surface area contributed by atoms with E-state index in [-0.39, 0.29) is 0 Å². The Bertz CT molecular complexity index is 38.1. The van der Waals surface area contributed by atoms with Gasteiger partial charge in [-0.15, -0.1) is 11.6 Å². The average Bonchev–Trinajstić information content (AvgIpc) is 1.39. The molecule has 0 saturated heterocycles. The third-order valence-corrected chi connectivity index (χ3v) is 0. The highest BCUT2D eigenvalue weighted by molar-refractivity contribution is 6.31. The highest BCUT2D eigenvalue weighted by atomic mass is 27.1. The van der Waals surface area contributed by atoms with Gasteiger partial charge >= 0.3 is 0 Å². The fraction of sp³-hybridized carbons (Fsp3) is 1.00. The maximum atomic E-state index is 5.50. The van der Waals surface area contributed by atoms with Crippen molar-refractivity contribution in [3.8, 4) is 0 Å². The van der Waals surface area contributed by atoms with Crippen molar-refractivity contribution in [2.24, 2.45) is 0 Å². The Kier molecular flexibility index (Phi) is 32.6. The van der Waals surface area contributed by atoms with Crippen molar-refractivity contribution in [2.45, 2.75) is 11.6 Å². The van der Waals surface area contributed by atoms with Crippen molar-refractivity contribution < 1.29 is 0 Å². The summed E-state index contributed by atoms with van der Waals surface area (Å²) in [6.45, 7) is 0. The summed E-state index contributed by atoms with van der Waals surface area (Å²) in [5, 5.41) is 0. The zero-order valence-electron chi connectivity index (χ0n) is 4.02. The third kappa shape index (κ3) is 1250. The van der Waals surface area contributed by atoms with E-state index in [1.165, 1.54) is 0 Å². The minimum Gasteiger partial charge on any atom is -0.115 e. The summed E-state index contributed by atoms with van der Waals surface area (Å²) >= 11 is 0.750.